The molecule has 4 rings (SSSR count). The van der Waals surface area contributed by atoms with Crippen molar-refractivity contribution in [1.29, 1.82) is 0 Å². The van der Waals surface area contributed by atoms with Crippen LogP contribution in [0.3, 0.4) is 0 Å². The van der Waals surface area contributed by atoms with Gasteiger partial charge in [0.25, 0.3) is 5.56 Å². The number of aromatic nitrogens is 3. The predicted octanol–water partition coefficient (Wildman–Crippen LogP) is 1.09. The third kappa shape index (κ3) is 5.26. The highest BCUT2D eigenvalue weighted by Gasteiger charge is 2.45. The van der Waals surface area contributed by atoms with Gasteiger partial charge in [-0.3, -0.25) is 27.4 Å². The van der Waals surface area contributed by atoms with Crippen molar-refractivity contribution in [2.24, 2.45) is 0 Å². The smallest absolute Gasteiger partial charge is 0.333 e. The van der Waals surface area contributed by atoms with Crippen molar-refractivity contribution in [2.75, 3.05) is 19.9 Å². The molecule has 13 nitrogen and oxygen atoms in total. The van der Waals surface area contributed by atoms with E-state index in [0.717, 1.165) is 33.6 Å². The molecule has 1 fully saturated rings. The molecule has 2 N–H and O–H groups in total. The van der Waals surface area contributed by atoms with Crippen LogP contribution in [0.2, 0.25) is 0 Å². The van der Waals surface area contributed by atoms with Gasteiger partial charge >= 0.3 is 13.3 Å². The highest BCUT2D eigenvalue weighted by atomic mass is 31.2. The number of aliphatic hydroxyl groups is 2. The van der Waals surface area contributed by atoms with Gasteiger partial charge in [0.2, 0.25) is 0 Å². The third-order valence-electron chi connectivity index (χ3n) is 5.56. The minimum atomic E-state index is -3.69. The topological polar surface area (TPSA) is 172 Å². The highest BCUT2D eigenvalue weighted by Crippen LogP contribution is 2.51. The van der Waals surface area contributed by atoms with E-state index in [1.54, 1.807) is 12.1 Å². The number of ether oxygens (including phenoxy) is 1. The average molecular weight is 529 g/mol. The lowest BCUT2D eigenvalue weighted by Gasteiger charge is -2.19. The van der Waals surface area contributed by atoms with Gasteiger partial charge in [-0.05, 0) is 18.6 Å². The number of aryl methyl sites for hydroxylation is 1. The van der Waals surface area contributed by atoms with Gasteiger partial charge in [0, 0.05) is 31.0 Å². The zero-order valence-electron chi connectivity index (χ0n) is 19.1. The highest BCUT2D eigenvalue weighted by molar-refractivity contribution is 7.61. The largest absolute Gasteiger partial charge is 0.387 e. The number of hydrogen-bond acceptors (Lipinski definition) is 11. The molecular weight excluding hydrogens is 504 g/mol. The summed E-state index contributed by atoms with van der Waals surface area (Å²) in [6.07, 6.45) is -4.47. The summed E-state index contributed by atoms with van der Waals surface area (Å²) in [5.74, 6) is 0. The van der Waals surface area contributed by atoms with Gasteiger partial charge in [-0.1, -0.05) is 17.3 Å². The van der Waals surface area contributed by atoms with Crippen LogP contribution in [0.1, 0.15) is 17.5 Å². The van der Waals surface area contributed by atoms with Gasteiger partial charge in [-0.25, -0.2) is 4.79 Å². The number of fused-ring (bicyclic) bond motifs is 1. The summed E-state index contributed by atoms with van der Waals surface area (Å²) in [4.78, 5) is 25.7. The van der Waals surface area contributed by atoms with E-state index < -0.39 is 58.0 Å². The Hall–Kier alpha value is -2.37. The van der Waals surface area contributed by atoms with Crippen molar-refractivity contribution in [3.05, 3.63) is 62.6 Å². The molecule has 3 aromatic rings. The van der Waals surface area contributed by atoms with Crippen LogP contribution in [0.15, 0.2) is 44.6 Å². The molecule has 2 aromatic heterocycles. The molecule has 1 saturated heterocycles. The van der Waals surface area contributed by atoms with Gasteiger partial charge < -0.3 is 24.0 Å². The van der Waals surface area contributed by atoms with Gasteiger partial charge in [0.05, 0.1) is 13.2 Å². The monoisotopic (exact) mass is 529 g/mol. The minimum absolute atomic E-state index is 0.194. The van der Waals surface area contributed by atoms with Crippen molar-refractivity contribution in [1.82, 2.24) is 14.3 Å². The Morgan fingerprint density at radius 3 is 2.69 bits per heavy atom. The molecule has 6 atom stereocenters. The van der Waals surface area contributed by atoms with Gasteiger partial charge in [0.1, 0.15) is 24.0 Å². The first-order chi connectivity index (χ1) is 16.5. The summed E-state index contributed by atoms with van der Waals surface area (Å²) in [6.45, 7) is 3.55. The summed E-state index contributed by atoms with van der Waals surface area (Å²) in [7, 11) is -6.24. The van der Waals surface area contributed by atoms with E-state index in [-0.39, 0.29) is 6.54 Å². The van der Waals surface area contributed by atoms with E-state index in [0.29, 0.717) is 16.7 Å². The van der Waals surface area contributed by atoms with Gasteiger partial charge in [-0.15, -0.1) is 0 Å². The Kier molecular flexibility index (Phi) is 7.31. The lowest BCUT2D eigenvalue weighted by molar-refractivity contribution is -0.0527. The lowest BCUT2D eigenvalue weighted by atomic mass is 10.1. The molecule has 1 aliphatic rings. The quantitative estimate of drug-likeness (QED) is 0.400. The first kappa shape index (κ1) is 25.7. The third-order valence-corrected chi connectivity index (χ3v) is 8.53. The molecule has 0 radical (unpaired) electrons. The number of rotatable bonds is 8. The van der Waals surface area contributed by atoms with E-state index >= 15 is 0 Å². The van der Waals surface area contributed by atoms with Crippen molar-refractivity contribution in [3.63, 3.8) is 0 Å². The van der Waals surface area contributed by atoms with E-state index in [1.807, 2.05) is 13.0 Å². The molecule has 15 heteroatoms. The molecule has 0 saturated carbocycles. The molecule has 3 heterocycles. The summed E-state index contributed by atoms with van der Waals surface area (Å²) < 4.78 is 46.1. The molecule has 0 amide bonds. The average Bonchev–Trinajstić information content (AvgIpc) is 3.31. The van der Waals surface area contributed by atoms with Crippen LogP contribution >= 0.6 is 15.6 Å². The SMILES string of the molecule is Cc1cccc2onc(Cn3c(=O)ccn([C@@H]4O[C@H](COP(C)(=O)O[PH](C)=O)[C@H](O)C4O)c3=O)c12. The van der Waals surface area contributed by atoms with Crippen molar-refractivity contribution < 1.29 is 37.4 Å². The maximum Gasteiger partial charge on any atom is 0.333 e. The van der Waals surface area contributed by atoms with Gasteiger partial charge in [-0.2, -0.15) is 0 Å². The predicted molar refractivity (Wildman–Crippen MR) is 124 cm³/mol. The van der Waals surface area contributed by atoms with Crippen LogP contribution in [0.4, 0.5) is 0 Å². The zero-order valence-corrected chi connectivity index (χ0v) is 21.0. The molecule has 1 aromatic carbocycles. The molecule has 3 unspecified atom stereocenters. The number of nitrogens with zero attached hydrogens (tertiary/aromatic N) is 3. The Bertz CT molecular complexity index is 1430. The van der Waals surface area contributed by atoms with Crippen LogP contribution in [0.25, 0.3) is 11.0 Å². The van der Waals surface area contributed by atoms with Crippen molar-refractivity contribution in [3.8, 4) is 0 Å². The fourth-order valence-corrected chi connectivity index (χ4v) is 6.43. The Morgan fingerprint density at radius 1 is 1.23 bits per heavy atom. The van der Waals surface area contributed by atoms with Crippen LogP contribution < -0.4 is 11.2 Å². The molecular formula is C20H25N3O10P2. The van der Waals surface area contributed by atoms with Crippen LogP contribution in [0.5, 0.6) is 0 Å². The lowest BCUT2D eigenvalue weighted by Crippen LogP contribution is -2.43. The van der Waals surface area contributed by atoms with Crippen LogP contribution in [-0.4, -0.2) is 62.8 Å². The minimum Gasteiger partial charge on any atom is -0.387 e. The van der Waals surface area contributed by atoms with Gasteiger partial charge in [0.15, 0.2) is 19.8 Å². The second-order valence-corrected chi connectivity index (χ2v) is 11.7. The Labute approximate surface area is 199 Å². The molecule has 0 aliphatic carbocycles. The number of aliphatic hydroxyl groups excluding tert-OH is 2. The van der Waals surface area contributed by atoms with E-state index in [1.165, 1.54) is 6.66 Å². The second kappa shape index (κ2) is 9.94. The van der Waals surface area contributed by atoms with Crippen molar-refractivity contribution >= 4 is 26.6 Å². The second-order valence-electron chi connectivity index (χ2n) is 8.20. The molecule has 35 heavy (non-hydrogen) atoms. The standard InChI is InChI=1S/C20H25N3O10P2/c1-11-5-4-6-13-16(11)12(21-32-13)9-23-15(24)7-8-22(20(23)27)19-18(26)17(25)14(31-19)10-30-35(3,29)33-34(2)28/h4-8,14,17-19,25-26,34H,9-10H2,1-3H3/t14-,17+,18?,19-,35?/m1/s1. The first-order valence-corrected chi connectivity index (χ1v) is 14.4. The van der Waals surface area contributed by atoms with E-state index in [4.69, 9.17) is 18.1 Å². The van der Waals surface area contributed by atoms with E-state index in [9.17, 15) is 28.9 Å². The number of hydrogen-bond donors (Lipinski definition) is 2. The van der Waals surface area contributed by atoms with Crippen molar-refractivity contribution in [2.45, 2.75) is 38.0 Å². The maximum absolute atomic E-state index is 13.2. The summed E-state index contributed by atoms with van der Waals surface area (Å²) >= 11 is 0. The summed E-state index contributed by atoms with van der Waals surface area (Å²) in [6, 6.07) is 6.48. The molecule has 190 valence electrons. The maximum atomic E-state index is 13.2. The first-order valence-electron chi connectivity index (χ1n) is 10.6. The molecule has 1 aliphatic heterocycles. The fourth-order valence-electron chi connectivity index (χ4n) is 3.93. The Balaban J connectivity index is 1.59. The zero-order chi connectivity index (χ0) is 25.5. The van der Waals surface area contributed by atoms with Crippen LogP contribution in [-0.2, 0) is 29.2 Å². The summed E-state index contributed by atoms with van der Waals surface area (Å²) in [5, 5.41) is 25.6. The fraction of sp³-hybridized carbons (Fsp3) is 0.450. The normalized spacial score (nSPS) is 25.1. The summed E-state index contributed by atoms with van der Waals surface area (Å²) in [5.41, 5.74) is 0.324. The molecule has 0 spiro atoms. The molecule has 0 bridgehead atoms. The van der Waals surface area contributed by atoms with E-state index in [2.05, 4.69) is 5.16 Å². The van der Waals surface area contributed by atoms with Crippen LogP contribution in [0, 0.1) is 6.92 Å². The number of benzene rings is 1. The Morgan fingerprint density at radius 2 is 1.97 bits per heavy atom.